The Morgan fingerprint density at radius 2 is 2.25 bits per heavy atom. The van der Waals surface area contributed by atoms with Gasteiger partial charge in [-0.15, -0.1) is 11.3 Å². The minimum Gasteiger partial charge on any atom is -0.271 e. The minimum atomic E-state index is -0.210. The quantitative estimate of drug-likeness (QED) is 0.697. The summed E-state index contributed by atoms with van der Waals surface area (Å²) in [6.45, 7) is 5.78. The highest BCUT2D eigenvalue weighted by Gasteiger charge is 2.07. The smallest absolute Gasteiger partial charge is 0.261 e. The van der Waals surface area contributed by atoms with Crippen LogP contribution in [0.5, 0.6) is 0 Å². The minimum absolute atomic E-state index is 0.154. The summed E-state index contributed by atoms with van der Waals surface area (Å²) in [6.07, 6.45) is 0. The van der Waals surface area contributed by atoms with Crippen molar-refractivity contribution in [1.29, 1.82) is 0 Å². The molecule has 1 amide bonds. The van der Waals surface area contributed by atoms with Gasteiger partial charge in [0.2, 0.25) is 0 Å². The van der Waals surface area contributed by atoms with Crippen molar-refractivity contribution in [2.45, 2.75) is 27.3 Å². The Morgan fingerprint density at radius 3 is 2.80 bits per heavy atom. The first-order chi connectivity index (χ1) is 9.45. The van der Waals surface area contributed by atoms with Crippen LogP contribution in [0.15, 0.2) is 23.3 Å². The average molecular weight is 311 g/mol. The van der Waals surface area contributed by atoms with Gasteiger partial charge in [0.05, 0.1) is 20.6 Å². The molecule has 2 aromatic heterocycles. The van der Waals surface area contributed by atoms with Crippen LogP contribution in [-0.4, -0.2) is 21.4 Å². The number of hydrazone groups is 1. The number of carbonyl (C=O) groups excluding carboxylic acids is 1. The molecular formula is C13H15ClN4OS. The van der Waals surface area contributed by atoms with Gasteiger partial charge in [-0.2, -0.15) is 10.2 Å². The zero-order chi connectivity index (χ0) is 14.7. The van der Waals surface area contributed by atoms with Crippen molar-refractivity contribution in [2.75, 3.05) is 0 Å². The number of rotatable bonds is 4. The maximum absolute atomic E-state index is 11.8. The van der Waals surface area contributed by atoms with Gasteiger partial charge < -0.3 is 0 Å². The fraction of sp³-hybridized carbons (Fsp3) is 0.308. The van der Waals surface area contributed by atoms with Crippen LogP contribution in [0.25, 0.3) is 0 Å². The van der Waals surface area contributed by atoms with Crippen LogP contribution in [0.2, 0.25) is 4.34 Å². The summed E-state index contributed by atoms with van der Waals surface area (Å²) < 4.78 is 2.35. The van der Waals surface area contributed by atoms with Gasteiger partial charge in [-0.3, -0.25) is 9.48 Å². The molecule has 0 radical (unpaired) electrons. The van der Waals surface area contributed by atoms with E-state index in [2.05, 4.69) is 15.6 Å². The number of hydrogen-bond acceptors (Lipinski definition) is 4. The molecule has 0 aliphatic rings. The molecule has 0 bridgehead atoms. The summed E-state index contributed by atoms with van der Waals surface area (Å²) in [7, 11) is 0. The molecule has 0 fully saturated rings. The van der Waals surface area contributed by atoms with Crippen LogP contribution < -0.4 is 5.43 Å². The molecule has 2 rings (SSSR count). The molecule has 5 nitrogen and oxygen atoms in total. The van der Waals surface area contributed by atoms with Gasteiger partial charge in [-0.1, -0.05) is 11.6 Å². The SMILES string of the molecule is C/C(=N\NC(=O)Cn1nc(C)cc1C)c1ccc(Cl)s1. The number of carbonyl (C=O) groups is 1. The van der Waals surface area contributed by atoms with Crippen molar-refractivity contribution in [3.05, 3.63) is 38.8 Å². The Morgan fingerprint density at radius 1 is 1.50 bits per heavy atom. The summed E-state index contributed by atoms with van der Waals surface area (Å²) in [5, 5.41) is 8.30. The van der Waals surface area contributed by atoms with E-state index in [4.69, 9.17) is 11.6 Å². The van der Waals surface area contributed by atoms with Crippen LogP contribution in [0.4, 0.5) is 0 Å². The number of nitrogens with zero attached hydrogens (tertiary/aromatic N) is 3. The monoisotopic (exact) mass is 310 g/mol. The molecule has 20 heavy (non-hydrogen) atoms. The highest BCUT2D eigenvalue weighted by atomic mass is 35.5. The van der Waals surface area contributed by atoms with Gasteiger partial charge in [0.25, 0.3) is 5.91 Å². The molecule has 2 heterocycles. The molecule has 0 aromatic carbocycles. The third-order valence-corrected chi connectivity index (χ3v) is 4.01. The first-order valence-corrected chi connectivity index (χ1v) is 7.25. The zero-order valence-corrected chi connectivity index (χ0v) is 13.0. The van der Waals surface area contributed by atoms with Crippen molar-refractivity contribution < 1.29 is 4.79 Å². The Balaban J connectivity index is 1.96. The van der Waals surface area contributed by atoms with Crippen LogP contribution in [0, 0.1) is 13.8 Å². The van der Waals surface area contributed by atoms with Crippen molar-refractivity contribution in [3.63, 3.8) is 0 Å². The Hall–Kier alpha value is -1.66. The molecule has 0 unspecified atom stereocenters. The van der Waals surface area contributed by atoms with Crippen molar-refractivity contribution in [1.82, 2.24) is 15.2 Å². The van der Waals surface area contributed by atoms with Crippen LogP contribution in [-0.2, 0) is 11.3 Å². The Labute approximate surface area is 126 Å². The topological polar surface area (TPSA) is 59.3 Å². The van der Waals surface area contributed by atoms with E-state index in [9.17, 15) is 4.79 Å². The molecule has 7 heteroatoms. The lowest BCUT2D eigenvalue weighted by atomic mass is 10.3. The largest absolute Gasteiger partial charge is 0.271 e. The van der Waals surface area contributed by atoms with Crippen molar-refractivity contribution in [2.24, 2.45) is 5.10 Å². The number of nitrogens with one attached hydrogen (secondary N) is 1. The second-order valence-electron chi connectivity index (χ2n) is 4.42. The molecule has 0 saturated carbocycles. The summed E-state index contributed by atoms with van der Waals surface area (Å²) >= 11 is 7.28. The predicted octanol–water partition coefficient (Wildman–Crippen LogP) is 2.76. The summed E-state index contributed by atoms with van der Waals surface area (Å²) in [4.78, 5) is 12.7. The van der Waals surface area contributed by atoms with Gasteiger partial charge in [0.1, 0.15) is 6.54 Å². The second-order valence-corrected chi connectivity index (χ2v) is 6.14. The fourth-order valence-corrected chi connectivity index (χ4v) is 2.70. The molecule has 106 valence electrons. The predicted molar refractivity (Wildman–Crippen MR) is 81.4 cm³/mol. The van der Waals surface area contributed by atoms with E-state index in [1.807, 2.05) is 32.9 Å². The lowest BCUT2D eigenvalue weighted by molar-refractivity contribution is -0.121. The number of aromatic nitrogens is 2. The normalized spacial score (nSPS) is 11.7. The fourth-order valence-electron chi connectivity index (χ4n) is 1.72. The van der Waals surface area contributed by atoms with E-state index in [0.29, 0.717) is 4.34 Å². The molecule has 0 aliphatic heterocycles. The van der Waals surface area contributed by atoms with Crippen LogP contribution in [0.1, 0.15) is 23.2 Å². The molecule has 0 spiro atoms. The molecule has 2 aromatic rings. The average Bonchev–Trinajstić information content (AvgIpc) is 2.93. The number of halogens is 1. The van der Waals surface area contributed by atoms with E-state index in [1.165, 1.54) is 11.3 Å². The van der Waals surface area contributed by atoms with E-state index in [1.54, 1.807) is 10.7 Å². The molecule has 0 atom stereocenters. The van der Waals surface area contributed by atoms with E-state index >= 15 is 0 Å². The maximum atomic E-state index is 11.8. The zero-order valence-electron chi connectivity index (χ0n) is 11.5. The molecule has 0 saturated heterocycles. The van der Waals surface area contributed by atoms with Crippen molar-refractivity contribution >= 4 is 34.6 Å². The van der Waals surface area contributed by atoms with E-state index in [0.717, 1.165) is 22.0 Å². The third-order valence-electron chi connectivity index (χ3n) is 2.67. The first-order valence-electron chi connectivity index (χ1n) is 6.05. The number of thiophene rings is 1. The summed E-state index contributed by atoms with van der Waals surface area (Å²) in [6, 6.07) is 5.60. The molecular weight excluding hydrogens is 296 g/mol. The maximum Gasteiger partial charge on any atom is 0.261 e. The second kappa shape index (κ2) is 6.19. The first kappa shape index (κ1) is 14.7. The summed E-state index contributed by atoms with van der Waals surface area (Å²) in [5.74, 6) is -0.210. The van der Waals surface area contributed by atoms with Gasteiger partial charge in [0.15, 0.2) is 0 Å². The molecule has 1 N–H and O–H groups in total. The van der Waals surface area contributed by atoms with E-state index < -0.39 is 0 Å². The highest BCUT2D eigenvalue weighted by Crippen LogP contribution is 2.21. The lowest BCUT2D eigenvalue weighted by Gasteiger charge is -2.03. The van der Waals surface area contributed by atoms with Crippen molar-refractivity contribution in [3.8, 4) is 0 Å². The van der Waals surface area contributed by atoms with Gasteiger partial charge >= 0.3 is 0 Å². The number of amides is 1. The highest BCUT2D eigenvalue weighted by molar-refractivity contribution is 7.18. The summed E-state index contributed by atoms with van der Waals surface area (Å²) in [5.41, 5.74) is 5.09. The van der Waals surface area contributed by atoms with E-state index in [-0.39, 0.29) is 12.5 Å². The lowest BCUT2D eigenvalue weighted by Crippen LogP contribution is -2.25. The number of hydrogen-bond donors (Lipinski definition) is 1. The van der Waals surface area contributed by atoms with Gasteiger partial charge in [0, 0.05) is 5.69 Å². The number of aryl methyl sites for hydroxylation is 2. The van der Waals surface area contributed by atoms with Gasteiger partial charge in [-0.25, -0.2) is 5.43 Å². The van der Waals surface area contributed by atoms with Crippen LogP contribution in [0.3, 0.4) is 0 Å². The Bertz CT molecular complexity index is 659. The molecule has 0 aliphatic carbocycles. The standard InChI is InChI=1S/C13H15ClN4OS/c1-8-6-9(2)18(17-8)7-13(19)16-15-10(3)11-4-5-12(14)20-11/h4-6H,7H2,1-3H3,(H,16,19)/b15-10+. The van der Waals surface area contributed by atoms with Crippen LogP contribution >= 0.6 is 22.9 Å². The third kappa shape index (κ3) is 3.68. The Kier molecular flexibility index (Phi) is 4.57. The van der Waals surface area contributed by atoms with Gasteiger partial charge in [-0.05, 0) is 39.0 Å².